The Balaban J connectivity index is 2.11. The van der Waals surface area contributed by atoms with E-state index >= 15 is 0 Å². The number of rotatable bonds is 4. The van der Waals surface area contributed by atoms with Gasteiger partial charge in [0.2, 0.25) is 0 Å². The molecule has 6 heteroatoms. The molecule has 1 N–H and O–H groups in total. The van der Waals surface area contributed by atoms with Crippen LogP contribution in [0.2, 0.25) is 0 Å². The van der Waals surface area contributed by atoms with Crippen LogP contribution in [0.3, 0.4) is 0 Å². The topological polar surface area (TPSA) is 75.4 Å². The van der Waals surface area contributed by atoms with E-state index in [2.05, 4.69) is 5.10 Å². The number of piperidine rings is 1. The molecule has 1 saturated heterocycles. The zero-order valence-corrected chi connectivity index (χ0v) is 13.6. The average molecular weight is 307 g/mol. The Kier molecular flexibility index (Phi) is 4.88. The zero-order valence-electron chi connectivity index (χ0n) is 13.6. The Morgan fingerprint density at radius 3 is 2.68 bits per heavy atom. The Labute approximate surface area is 131 Å². The molecule has 0 aromatic carbocycles. The van der Waals surface area contributed by atoms with E-state index in [0.29, 0.717) is 18.5 Å². The summed E-state index contributed by atoms with van der Waals surface area (Å²) in [6.45, 7) is 6.80. The third kappa shape index (κ3) is 3.87. The first-order valence-electron chi connectivity index (χ1n) is 7.87. The third-order valence-electron chi connectivity index (χ3n) is 4.10. The molecule has 1 fully saturated rings. The molecule has 1 aliphatic heterocycles. The van der Waals surface area contributed by atoms with Crippen molar-refractivity contribution in [1.29, 1.82) is 0 Å². The van der Waals surface area contributed by atoms with Crippen LogP contribution in [0.4, 0.5) is 0 Å². The van der Waals surface area contributed by atoms with Gasteiger partial charge in [0.15, 0.2) is 0 Å². The van der Waals surface area contributed by atoms with Crippen LogP contribution in [0.25, 0.3) is 0 Å². The summed E-state index contributed by atoms with van der Waals surface area (Å²) in [6.07, 6.45) is 6.93. The van der Waals surface area contributed by atoms with Crippen LogP contribution >= 0.6 is 0 Å². The number of likely N-dealkylation sites (tertiary alicyclic amines) is 1. The number of aliphatic carboxylic acids is 1. The minimum Gasteiger partial charge on any atom is -0.481 e. The monoisotopic (exact) mass is 307 g/mol. The summed E-state index contributed by atoms with van der Waals surface area (Å²) in [5, 5.41) is 13.1. The van der Waals surface area contributed by atoms with Gasteiger partial charge in [0.25, 0.3) is 5.91 Å². The fourth-order valence-electron chi connectivity index (χ4n) is 2.82. The first kappa shape index (κ1) is 16.5. The van der Waals surface area contributed by atoms with Gasteiger partial charge in [-0.1, -0.05) is 0 Å². The first-order chi connectivity index (χ1) is 10.3. The number of aromatic nitrogens is 2. The first-order valence-corrected chi connectivity index (χ1v) is 7.87. The number of carboxylic acids is 1. The predicted molar refractivity (Wildman–Crippen MR) is 82.8 cm³/mol. The molecule has 6 nitrogen and oxygen atoms in total. The lowest BCUT2D eigenvalue weighted by atomic mass is 9.97. The van der Waals surface area contributed by atoms with Crippen molar-refractivity contribution < 1.29 is 14.7 Å². The molecule has 1 aromatic rings. The molecule has 0 bridgehead atoms. The second-order valence-electron chi connectivity index (χ2n) is 6.92. The molecule has 22 heavy (non-hydrogen) atoms. The maximum atomic E-state index is 12.7. The van der Waals surface area contributed by atoms with Crippen molar-refractivity contribution in [2.45, 2.75) is 64.5 Å². The summed E-state index contributed by atoms with van der Waals surface area (Å²) in [4.78, 5) is 25.3. The van der Waals surface area contributed by atoms with E-state index in [9.17, 15) is 9.59 Å². The lowest BCUT2D eigenvalue weighted by Crippen LogP contribution is -2.43. The summed E-state index contributed by atoms with van der Waals surface area (Å²) < 4.78 is 1.79. The van der Waals surface area contributed by atoms with Gasteiger partial charge in [-0.3, -0.25) is 14.3 Å². The Bertz CT molecular complexity index is 545. The minimum absolute atomic E-state index is 0.0235. The lowest BCUT2D eigenvalue weighted by Gasteiger charge is -2.35. The van der Waals surface area contributed by atoms with Gasteiger partial charge in [-0.05, 0) is 46.5 Å². The van der Waals surface area contributed by atoms with Gasteiger partial charge in [0.05, 0.1) is 17.3 Å². The Morgan fingerprint density at radius 2 is 2.09 bits per heavy atom. The van der Waals surface area contributed by atoms with Crippen LogP contribution in [0.1, 0.15) is 63.2 Å². The van der Waals surface area contributed by atoms with Crippen LogP contribution in [-0.4, -0.2) is 44.3 Å². The maximum absolute atomic E-state index is 12.7. The summed E-state index contributed by atoms with van der Waals surface area (Å²) in [6, 6.07) is 0.0235. The van der Waals surface area contributed by atoms with Crippen LogP contribution in [0.5, 0.6) is 0 Å². The van der Waals surface area contributed by atoms with Crippen LogP contribution in [0.15, 0.2) is 12.4 Å². The van der Waals surface area contributed by atoms with Crippen molar-refractivity contribution in [1.82, 2.24) is 14.7 Å². The number of amides is 1. The molecule has 1 amide bonds. The van der Waals surface area contributed by atoms with Crippen molar-refractivity contribution in [3.8, 4) is 0 Å². The predicted octanol–water partition coefficient (Wildman–Crippen LogP) is 2.50. The second kappa shape index (κ2) is 6.50. The van der Waals surface area contributed by atoms with E-state index < -0.39 is 5.97 Å². The number of nitrogens with zero attached hydrogens (tertiary/aromatic N) is 3. The standard InChI is InChI=1S/C16H25N3O3/c1-16(2,3)19-11-12(10-17-19)15(22)18-9-5-4-6-13(18)7-8-14(20)21/h10-11,13H,4-9H2,1-3H3,(H,20,21)/t13-/m0/s1. The van der Waals surface area contributed by atoms with Gasteiger partial charge in [-0.15, -0.1) is 0 Å². The Hall–Kier alpha value is -1.85. The van der Waals surface area contributed by atoms with E-state index in [1.807, 2.05) is 25.7 Å². The van der Waals surface area contributed by atoms with Gasteiger partial charge < -0.3 is 10.0 Å². The van der Waals surface area contributed by atoms with Crippen molar-refractivity contribution in [2.75, 3.05) is 6.54 Å². The number of carbonyl (C=O) groups is 2. The van der Waals surface area contributed by atoms with Gasteiger partial charge in [0, 0.05) is 25.2 Å². The van der Waals surface area contributed by atoms with Crippen molar-refractivity contribution >= 4 is 11.9 Å². The Morgan fingerprint density at radius 1 is 1.36 bits per heavy atom. The van der Waals surface area contributed by atoms with Gasteiger partial charge >= 0.3 is 5.97 Å². The number of carboxylic acid groups (broad SMARTS) is 1. The molecule has 0 unspecified atom stereocenters. The molecule has 122 valence electrons. The summed E-state index contributed by atoms with van der Waals surface area (Å²) in [7, 11) is 0. The highest BCUT2D eigenvalue weighted by Gasteiger charge is 2.29. The van der Waals surface area contributed by atoms with Crippen molar-refractivity contribution in [3.05, 3.63) is 18.0 Å². The number of hydrogen-bond acceptors (Lipinski definition) is 3. The van der Waals surface area contributed by atoms with E-state index in [0.717, 1.165) is 19.3 Å². The van der Waals surface area contributed by atoms with Crippen LogP contribution < -0.4 is 0 Å². The van der Waals surface area contributed by atoms with E-state index in [1.165, 1.54) is 0 Å². The lowest BCUT2D eigenvalue weighted by molar-refractivity contribution is -0.137. The average Bonchev–Trinajstić information content (AvgIpc) is 2.94. The highest BCUT2D eigenvalue weighted by atomic mass is 16.4. The van der Waals surface area contributed by atoms with Crippen molar-refractivity contribution in [3.63, 3.8) is 0 Å². The minimum atomic E-state index is -0.807. The van der Waals surface area contributed by atoms with E-state index in [-0.39, 0.29) is 23.9 Å². The van der Waals surface area contributed by atoms with Gasteiger partial charge in [-0.25, -0.2) is 0 Å². The fraction of sp³-hybridized carbons (Fsp3) is 0.688. The molecule has 1 aliphatic rings. The molecule has 0 radical (unpaired) electrons. The third-order valence-corrected chi connectivity index (χ3v) is 4.10. The van der Waals surface area contributed by atoms with Gasteiger partial charge in [-0.2, -0.15) is 5.10 Å². The number of hydrogen-bond donors (Lipinski definition) is 1. The fourth-order valence-corrected chi connectivity index (χ4v) is 2.82. The number of carbonyl (C=O) groups excluding carboxylic acids is 1. The molecule has 1 aromatic heterocycles. The van der Waals surface area contributed by atoms with E-state index in [1.54, 1.807) is 17.1 Å². The smallest absolute Gasteiger partial charge is 0.303 e. The molecular weight excluding hydrogens is 282 g/mol. The van der Waals surface area contributed by atoms with Crippen molar-refractivity contribution in [2.24, 2.45) is 0 Å². The molecule has 0 spiro atoms. The van der Waals surface area contributed by atoms with E-state index in [4.69, 9.17) is 5.11 Å². The van der Waals surface area contributed by atoms with Crippen LogP contribution in [0, 0.1) is 0 Å². The van der Waals surface area contributed by atoms with Gasteiger partial charge in [0.1, 0.15) is 0 Å². The molecule has 0 aliphatic carbocycles. The second-order valence-corrected chi connectivity index (χ2v) is 6.92. The zero-order chi connectivity index (χ0) is 16.3. The SMILES string of the molecule is CC(C)(C)n1cc(C(=O)N2CCCC[C@H]2CCC(=O)O)cn1. The quantitative estimate of drug-likeness (QED) is 0.927. The highest BCUT2D eigenvalue weighted by molar-refractivity contribution is 5.94. The summed E-state index contributed by atoms with van der Waals surface area (Å²) in [5.74, 6) is -0.843. The maximum Gasteiger partial charge on any atom is 0.303 e. The molecule has 2 rings (SSSR count). The normalized spacial score (nSPS) is 19.2. The molecule has 1 atom stereocenters. The highest BCUT2D eigenvalue weighted by Crippen LogP contribution is 2.23. The summed E-state index contributed by atoms with van der Waals surface area (Å²) >= 11 is 0. The molecule has 0 saturated carbocycles. The molecular formula is C16H25N3O3. The molecule has 2 heterocycles. The van der Waals surface area contributed by atoms with Crippen LogP contribution in [-0.2, 0) is 10.3 Å². The summed E-state index contributed by atoms with van der Waals surface area (Å²) in [5.41, 5.74) is 0.417. The largest absolute Gasteiger partial charge is 0.481 e.